The second-order valence-corrected chi connectivity index (χ2v) is 6.23. The Morgan fingerprint density at radius 1 is 1.23 bits per heavy atom. The molecule has 3 rings (SSSR count). The number of aliphatic carboxylic acids is 1. The van der Waals surface area contributed by atoms with Crippen molar-refractivity contribution in [3.8, 4) is 0 Å². The number of hydrogen-bond donors (Lipinski definition) is 2. The molecule has 0 aromatic heterocycles. The smallest absolute Gasteiger partial charge is 0.306 e. The molecule has 0 spiro atoms. The summed E-state index contributed by atoms with van der Waals surface area (Å²) in [5, 5.41) is 12.5. The summed E-state index contributed by atoms with van der Waals surface area (Å²) in [6.45, 7) is 0.798. The first kappa shape index (κ1) is 14.9. The van der Waals surface area contributed by atoms with Gasteiger partial charge in [-0.2, -0.15) is 0 Å². The molecule has 1 aromatic rings. The highest BCUT2D eigenvalue weighted by molar-refractivity contribution is 5.95. The van der Waals surface area contributed by atoms with E-state index in [9.17, 15) is 9.59 Å². The third-order valence-electron chi connectivity index (χ3n) is 4.68. The molecule has 22 heavy (non-hydrogen) atoms. The molecule has 5 heteroatoms. The molecule has 1 amide bonds. The Hall–Kier alpha value is -2.04. The van der Waals surface area contributed by atoms with E-state index in [4.69, 9.17) is 5.11 Å². The van der Waals surface area contributed by atoms with Crippen LogP contribution in [0, 0.1) is 5.92 Å². The van der Waals surface area contributed by atoms with Gasteiger partial charge >= 0.3 is 5.97 Å². The number of nitrogens with one attached hydrogen (secondary N) is 1. The number of amides is 1. The Morgan fingerprint density at radius 3 is 2.64 bits per heavy atom. The van der Waals surface area contributed by atoms with Crippen molar-refractivity contribution < 1.29 is 14.7 Å². The van der Waals surface area contributed by atoms with Crippen molar-refractivity contribution in [3.05, 3.63) is 24.3 Å². The molecule has 5 nitrogen and oxygen atoms in total. The number of hydrogen-bond acceptors (Lipinski definition) is 3. The summed E-state index contributed by atoms with van der Waals surface area (Å²) >= 11 is 0. The fraction of sp³-hybridized carbons (Fsp3) is 0.529. The van der Waals surface area contributed by atoms with E-state index in [1.807, 2.05) is 29.2 Å². The highest BCUT2D eigenvalue weighted by Crippen LogP contribution is 2.29. The molecule has 0 atom stereocenters. The van der Waals surface area contributed by atoms with Crippen molar-refractivity contribution in [1.82, 2.24) is 0 Å². The summed E-state index contributed by atoms with van der Waals surface area (Å²) < 4.78 is 0. The van der Waals surface area contributed by atoms with Crippen LogP contribution in [0.25, 0.3) is 0 Å². The van der Waals surface area contributed by atoms with Gasteiger partial charge in [-0.1, -0.05) is 6.07 Å². The lowest BCUT2D eigenvalue weighted by Gasteiger charge is -2.28. The fourth-order valence-electron chi connectivity index (χ4n) is 3.41. The average molecular weight is 302 g/mol. The molecule has 0 bridgehead atoms. The Kier molecular flexibility index (Phi) is 4.32. The van der Waals surface area contributed by atoms with Crippen LogP contribution in [0.4, 0.5) is 11.4 Å². The molecule has 1 saturated carbocycles. The molecule has 2 fully saturated rings. The number of nitrogens with zero attached hydrogens (tertiary/aromatic N) is 1. The number of anilines is 2. The van der Waals surface area contributed by atoms with Crippen molar-refractivity contribution in [2.24, 2.45) is 5.92 Å². The summed E-state index contributed by atoms with van der Waals surface area (Å²) in [5.74, 6) is -0.668. The lowest BCUT2D eigenvalue weighted by atomic mass is 9.86. The Balaban J connectivity index is 1.61. The number of carbonyl (C=O) groups excluding carboxylic acids is 1. The molecule has 118 valence electrons. The Labute approximate surface area is 130 Å². The van der Waals surface area contributed by atoms with E-state index >= 15 is 0 Å². The van der Waals surface area contributed by atoms with Crippen LogP contribution in [0.2, 0.25) is 0 Å². The van der Waals surface area contributed by atoms with E-state index in [2.05, 4.69) is 5.32 Å². The zero-order chi connectivity index (χ0) is 15.5. The summed E-state index contributed by atoms with van der Waals surface area (Å²) in [6, 6.07) is 8.28. The summed E-state index contributed by atoms with van der Waals surface area (Å²) in [4.78, 5) is 24.6. The summed E-state index contributed by atoms with van der Waals surface area (Å²) in [6.07, 6.45) is 4.79. The zero-order valence-corrected chi connectivity index (χ0v) is 12.6. The third-order valence-corrected chi connectivity index (χ3v) is 4.68. The molecular formula is C17H22N2O3. The quantitative estimate of drug-likeness (QED) is 0.897. The standard InChI is InChI=1S/C17H22N2O3/c20-16-5-2-10-19(16)15-4-1-3-14(11-15)18-13-8-6-12(7-9-13)17(21)22/h1,3-4,11-13,18H,2,5-10H2,(H,21,22). The first-order chi connectivity index (χ1) is 10.6. The van der Waals surface area contributed by atoms with Gasteiger partial charge in [0.15, 0.2) is 0 Å². The summed E-state index contributed by atoms with van der Waals surface area (Å²) in [5.41, 5.74) is 1.96. The van der Waals surface area contributed by atoms with Gasteiger partial charge in [-0.15, -0.1) is 0 Å². The van der Waals surface area contributed by atoms with Crippen LogP contribution < -0.4 is 10.2 Å². The Bertz CT molecular complexity index is 565. The van der Waals surface area contributed by atoms with Crippen molar-refractivity contribution in [1.29, 1.82) is 0 Å². The van der Waals surface area contributed by atoms with Crippen LogP contribution in [0.15, 0.2) is 24.3 Å². The second-order valence-electron chi connectivity index (χ2n) is 6.23. The lowest BCUT2D eigenvalue weighted by Crippen LogP contribution is -2.29. The molecule has 2 N–H and O–H groups in total. The predicted molar refractivity (Wildman–Crippen MR) is 85.0 cm³/mol. The maximum atomic E-state index is 11.8. The first-order valence-corrected chi connectivity index (χ1v) is 8.03. The van der Waals surface area contributed by atoms with Crippen molar-refractivity contribution in [3.63, 3.8) is 0 Å². The maximum absolute atomic E-state index is 11.8. The summed E-state index contributed by atoms with van der Waals surface area (Å²) in [7, 11) is 0. The highest BCUT2D eigenvalue weighted by atomic mass is 16.4. The molecular weight excluding hydrogens is 280 g/mol. The van der Waals surface area contributed by atoms with Crippen molar-refractivity contribution in [2.45, 2.75) is 44.6 Å². The van der Waals surface area contributed by atoms with Crippen LogP contribution in [0.5, 0.6) is 0 Å². The van der Waals surface area contributed by atoms with Gasteiger partial charge in [0.1, 0.15) is 0 Å². The molecule has 0 radical (unpaired) electrons. The largest absolute Gasteiger partial charge is 0.481 e. The number of carboxylic acids is 1. The molecule has 2 aliphatic rings. The van der Waals surface area contributed by atoms with E-state index in [-0.39, 0.29) is 11.8 Å². The van der Waals surface area contributed by atoms with Crippen molar-refractivity contribution in [2.75, 3.05) is 16.8 Å². The van der Waals surface area contributed by atoms with Gasteiger partial charge in [0.05, 0.1) is 5.92 Å². The van der Waals surface area contributed by atoms with Crippen LogP contribution in [-0.4, -0.2) is 29.6 Å². The van der Waals surface area contributed by atoms with Gasteiger partial charge in [0, 0.05) is 30.4 Å². The molecule has 1 saturated heterocycles. The first-order valence-electron chi connectivity index (χ1n) is 8.03. The minimum atomic E-state index is -0.673. The topological polar surface area (TPSA) is 69.6 Å². The molecule has 1 aliphatic carbocycles. The van der Waals surface area contributed by atoms with E-state index in [0.29, 0.717) is 12.5 Å². The van der Waals surface area contributed by atoms with Gasteiger partial charge in [-0.05, 0) is 50.3 Å². The van der Waals surface area contributed by atoms with E-state index in [0.717, 1.165) is 50.0 Å². The average Bonchev–Trinajstić information content (AvgIpc) is 2.94. The van der Waals surface area contributed by atoms with Gasteiger partial charge in [0.2, 0.25) is 5.91 Å². The maximum Gasteiger partial charge on any atom is 0.306 e. The molecule has 0 unspecified atom stereocenters. The van der Waals surface area contributed by atoms with Crippen LogP contribution in [-0.2, 0) is 9.59 Å². The molecule has 1 aliphatic heterocycles. The van der Waals surface area contributed by atoms with Crippen LogP contribution in [0.3, 0.4) is 0 Å². The minimum absolute atomic E-state index is 0.188. The normalized spacial score (nSPS) is 25.3. The van der Waals surface area contributed by atoms with Crippen molar-refractivity contribution >= 4 is 23.3 Å². The van der Waals surface area contributed by atoms with Crippen LogP contribution >= 0.6 is 0 Å². The van der Waals surface area contributed by atoms with Crippen LogP contribution in [0.1, 0.15) is 38.5 Å². The fourth-order valence-corrected chi connectivity index (χ4v) is 3.41. The second kappa shape index (κ2) is 6.38. The van der Waals surface area contributed by atoms with E-state index < -0.39 is 5.97 Å². The SMILES string of the molecule is O=C(O)C1CCC(Nc2cccc(N3CCCC3=O)c2)CC1. The third kappa shape index (κ3) is 3.24. The molecule has 1 aromatic carbocycles. The highest BCUT2D eigenvalue weighted by Gasteiger charge is 2.26. The minimum Gasteiger partial charge on any atom is -0.481 e. The zero-order valence-electron chi connectivity index (χ0n) is 12.6. The lowest BCUT2D eigenvalue weighted by molar-refractivity contribution is -0.142. The van der Waals surface area contributed by atoms with E-state index in [1.54, 1.807) is 0 Å². The number of rotatable bonds is 4. The van der Waals surface area contributed by atoms with Gasteiger partial charge in [-0.25, -0.2) is 0 Å². The predicted octanol–water partition coefficient (Wildman–Crippen LogP) is 2.87. The van der Waals surface area contributed by atoms with E-state index in [1.165, 1.54) is 0 Å². The number of benzene rings is 1. The van der Waals surface area contributed by atoms with Gasteiger partial charge < -0.3 is 15.3 Å². The number of carbonyl (C=O) groups is 2. The van der Waals surface area contributed by atoms with Gasteiger partial charge in [0.25, 0.3) is 0 Å². The molecule has 1 heterocycles. The monoisotopic (exact) mass is 302 g/mol. The Morgan fingerprint density at radius 2 is 2.00 bits per heavy atom. The number of carboxylic acid groups (broad SMARTS) is 1. The van der Waals surface area contributed by atoms with Gasteiger partial charge in [-0.3, -0.25) is 9.59 Å².